The lowest BCUT2D eigenvalue weighted by Crippen LogP contribution is -2.22. The molecule has 0 spiro atoms. The Morgan fingerprint density at radius 1 is 1.00 bits per heavy atom. The lowest BCUT2D eigenvalue weighted by atomic mass is 9.73. The predicted molar refractivity (Wildman–Crippen MR) is 77.7 cm³/mol. The van der Waals surface area contributed by atoms with Crippen LogP contribution in [-0.2, 0) is 5.41 Å². The second-order valence-corrected chi connectivity index (χ2v) is 5.20. The highest BCUT2D eigenvalue weighted by Gasteiger charge is 2.29. The Balaban J connectivity index is 2.60. The predicted octanol–water partition coefficient (Wildman–Crippen LogP) is 4.12. The monoisotopic (exact) mass is 256 g/mol. The van der Waals surface area contributed by atoms with Crippen molar-refractivity contribution in [1.82, 2.24) is 0 Å². The molecule has 1 unspecified atom stereocenters. The average Bonchev–Trinajstić information content (AvgIpc) is 2.41. The fraction of sp³-hybridized carbons (Fsp3) is 0.294. The van der Waals surface area contributed by atoms with E-state index in [4.69, 9.17) is 0 Å². The Hall–Kier alpha value is -1.96. The first kappa shape index (κ1) is 13.5. The highest BCUT2D eigenvalue weighted by molar-refractivity contribution is 5.48. The normalized spacial score (nSPS) is 14.1. The smallest absolute Gasteiger partial charge is 0.119 e. The van der Waals surface area contributed by atoms with Crippen LogP contribution in [0.25, 0.3) is 0 Å². The van der Waals surface area contributed by atoms with Crippen LogP contribution in [-0.4, -0.2) is 10.2 Å². The van der Waals surface area contributed by atoms with Gasteiger partial charge in [-0.15, -0.1) is 0 Å². The molecule has 2 N–H and O–H groups in total. The van der Waals surface area contributed by atoms with E-state index in [1.807, 2.05) is 37.3 Å². The van der Waals surface area contributed by atoms with Crippen molar-refractivity contribution >= 4 is 0 Å². The van der Waals surface area contributed by atoms with E-state index in [0.29, 0.717) is 11.5 Å². The molecule has 100 valence electrons. The topological polar surface area (TPSA) is 40.5 Å². The number of phenols is 2. The van der Waals surface area contributed by atoms with Crippen molar-refractivity contribution in [2.24, 2.45) is 0 Å². The van der Waals surface area contributed by atoms with Crippen LogP contribution in [0.4, 0.5) is 0 Å². The Labute approximate surface area is 114 Å². The van der Waals surface area contributed by atoms with Gasteiger partial charge in [-0.1, -0.05) is 44.2 Å². The van der Waals surface area contributed by atoms with Gasteiger partial charge in [-0.2, -0.15) is 0 Å². The third-order valence-electron chi connectivity index (χ3n) is 4.04. The zero-order valence-electron chi connectivity index (χ0n) is 11.6. The average molecular weight is 256 g/mol. The molecule has 2 rings (SSSR count). The van der Waals surface area contributed by atoms with E-state index in [1.54, 1.807) is 12.1 Å². The Kier molecular flexibility index (Phi) is 3.52. The summed E-state index contributed by atoms with van der Waals surface area (Å²) in [5.41, 5.74) is 2.62. The van der Waals surface area contributed by atoms with Gasteiger partial charge in [0.25, 0.3) is 0 Å². The lowest BCUT2D eigenvalue weighted by molar-refractivity contribution is 0.440. The first-order valence-corrected chi connectivity index (χ1v) is 6.57. The molecule has 0 radical (unpaired) electrons. The molecule has 0 heterocycles. The van der Waals surface area contributed by atoms with E-state index < -0.39 is 0 Å². The summed E-state index contributed by atoms with van der Waals surface area (Å²) in [6.07, 6.45) is 0.870. The van der Waals surface area contributed by atoms with E-state index in [0.717, 1.165) is 23.1 Å². The van der Waals surface area contributed by atoms with Gasteiger partial charge in [0.1, 0.15) is 11.5 Å². The molecule has 0 bridgehead atoms. The molecule has 2 aromatic rings. The van der Waals surface area contributed by atoms with E-state index in [2.05, 4.69) is 13.8 Å². The molecule has 0 aromatic heterocycles. The van der Waals surface area contributed by atoms with Crippen molar-refractivity contribution in [3.8, 4) is 11.5 Å². The molecule has 0 aliphatic carbocycles. The zero-order chi connectivity index (χ0) is 14.0. The molecule has 0 saturated carbocycles. The largest absolute Gasteiger partial charge is 0.508 e. The van der Waals surface area contributed by atoms with Gasteiger partial charge < -0.3 is 10.2 Å². The van der Waals surface area contributed by atoms with Crippen LogP contribution < -0.4 is 0 Å². The van der Waals surface area contributed by atoms with Crippen molar-refractivity contribution in [1.29, 1.82) is 0 Å². The summed E-state index contributed by atoms with van der Waals surface area (Å²) in [5.74, 6) is 0.622. The Bertz CT molecular complexity index is 590. The second-order valence-electron chi connectivity index (χ2n) is 5.20. The van der Waals surface area contributed by atoms with Crippen LogP contribution in [0, 0.1) is 6.92 Å². The Morgan fingerprint density at radius 2 is 1.68 bits per heavy atom. The van der Waals surface area contributed by atoms with Gasteiger partial charge in [0, 0.05) is 11.0 Å². The van der Waals surface area contributed by atoms with Crippen LogP contribution in [0.15, 0.2) is 42.5 Å². The highest BCUT2D eigenvalue weighted by atomic mass is 16.3. The van der Waals surface area contributed by atoms with Crippen molar-refractivity contribution in [3.05, 3.63) is 59.2 Å². The maximum absolute atomic E-state index is 10.1. The molecule has 0 amide bonds. The van der Waals surface area contributed by atoms with Crippen LogP contribution in [0.5, 0.6) is 11.5 Å². The summed E-state index contributed by atoms with van der Waals surface area (Å²) in [4.78, 5) is 0. The van der Waals surface area contributed by atoms with Gasteiger partial charge in [0.2, 0.25) is 0 Å². The minimum atomic E-state index is -0.260. The summed E-state index contributed by atoms with van der Waals surface area (Å²) in [6.45, 7) is 6.11. The van der Waals surface area contributed by atoms with Crippen LogP contribution >= 0.6 is 0 Å². The van der Waals surface area contributed by atoms with Crippen LogP contribution in [0.3, 0.4) is 0 Å². The lowest BCUT2D eigenvalue weighted by Gasteiger charge is -2.30. The summed E-state index contributed by atoms with van der Waals surface area (Å²) in [6, 6.07) is 13.1. The molecule has 0 aliphatic rings. The molecule has 0 saturated heterocycles. The third kappa shape index (κ3) is 2.30. The molecular formula is C17H20O2. The van der Waals surface area contributed by atoms with Gasteiger partial charge in [0.05, 0.1) is 0 Å². The number of benzene rings is 2. The zero-order valence-corrected chi connectivity index (χ0v) is 11.6. The van der Waals surface area contributed by atoms with Crippen molar-refractivity contribution in [2.75, 3.05) is 0 Å². The standard InChI is InChI=1S/C17H20O2/c1-4-17(3,14-7-5-6-8-16(14)19)13-9-10-15(18)12(2)11-13/h5-11,18-19H,4H2,1-3H3. The van der Waals surface area contributed by atoms with E-state index in [1.165, 1.54) is 0 Å². The first-order valence-electron chi connectivity index (χ1n) is 6.57. The maximum Gasteiger partial charge on any atom is 0.119 e. The Morgan fingerprint density at radius 3 is 2.26 bits per heavy atom. The van der Waals surface area contributed by atoms with Gasteiger partial charge >= 0.3 is 0 Å². The molecule has 0 fully saturated rings. The highest BCUT2D eigenvalue weighted by Crippen LogP contribution is 2.40. The summed E-state index contributed by atoms with van der Waals surface area (Å²) >= 11 is 0. The van der Waals surface area contributed by atoms with Crippen LogP contribution in [0.1, 0.15) is 37.0 Å². The fourth-order valence-electron chi connectivity index (χ4n) is 2.49. The number of aromatic hydroxyl groups is 2. The van der Waals surface area contributed by atoms with E-state index in [9.17, 15) is 10.2 Å². The van der Waals surface area contributed by atoms with Crippen molar-refractivity contribution < 1.29 is 10.2 Å². The van der Waals surface area contributed by atoms with E-state index >= 15 is 0 Å². The molecule has 2 heteroatoms. The van der Waals surface area contributed by atoms with E-state index in [-0.39, 0.29) is 5.41 Å². The number of hydrogen-bond acceptors (Lipinski definition) is 2. The quantitative estimate of drug-likeness (QED) is 0.867. The van der Waals surface area contributed by atoms with Crippen molar-refractivity contribution in [2.45, 2.75) is 32.6 Å². The molecule has 0 aliphatic heterocycles. The summed E-state index contributed by atoms with van der Waals surface area (Å²) in [5, 5.41) is 19.8. The summed E-state index contributed by atoms with van der Waals surface area (Å²) in [7, 11) is 0. The molecule has 1 atom stereocenters. The summed E-state index contributed by atoms with van der Waals surface area (Å²) < 4.78 is 0. The van der Waals surface area contributed by atoms with Gasteiger partial charge in [0.15, 0.2) is 0 Å². The second kappa shape index (κ2) is 4.96. The third-order valence-corrected chi connectivity index (χ3v) is 4.04. The number of hydrogen-bond donors (Lipinski definition) is 2. The van der Waals surface area contributed by atoms with Crippen LogP contribution in [0.2, 0.25) is 0 Å². The number of rotatable bonds is 3. The number of para-hydroxylation sites is 1. The molecular weight excluding hydrogens is 236 g/mol. The maximum atomic E-state index is 10.1. The van der Waals surface area contributed by atoms with Gasteiger partial charge in [-0.05, 0) is 36.6 Å². The van der Waals surface area contributed by atoms with Gasteiger partial charge in [-0.3, -0.25) is 0 Å². The number of phenolic OH excluding ortho intramolecular Hbond substituents is 2. The minimum Gasteiger partial charge on any atom is -0.508 e. The first-order chi connectivity index (χ1) is 8.99. The van der Waals surface area contributed by atoms with Gasteiger partial charge in [-0.25, -0.2) is 0 Å². The SMILES string of the molecule is CCC(C)(c1ccc(O)c(C)c1)c1ccccc1O. The van der Waals surface area contributed by atoms with Crippen molar-refractivity contribution in [3.63, 3.8) is 0 Å². The molecule has 2 nitrogen and oxygen atoms in total. The molecule has 19 heavy (non-hydrogen) atoms. The minimum absolute atomic E-state index is 0.260. The number of aryl methyl sites for hydroxylation is 1. The molecule has 2 aromatic carbocycles. The fourth-order valence-corrected chi connectivity index (χ4v) is 2.49.